The second kappa shape index (κ2) is 7.95. The molecule has 0 bridgehead atoms. The van der Waals surface area contributed by atoms with Crippen molar-refractivity contribution in [1.29, 1.82) is 0 Å². The standard InChI is InChI=1S/C15H16N4OS2/c1-2-6-13(7-3-1)20-9-5-11-22-15-16-17-18-19(15)12-14-8-4-10-21-14/h1-4,6-8,10H,5,9,11-12H2. The highest BCUT2D eigenvalue weighted by molar-refractivity contribution is 7.99. The molecule has 0 amide bonds. The van der Waals surface area contributed by atoms with Crippen molar-refractivity contribution in [3.63, 3.8) is 0 Å². The molecule has 0 radical (unpaired) electrons. The van der Waals surface area contributed by atoms with Crippen LogP contribution in [0.1, 0.15) is 11.3 Å². The Kier molecular flexibility index (Phi) is 5.44. The van der Waals surface area contributed by atoms with Gasteiger partial charge in [-0.25, -0.2) is 4.68 Å². The fourth-order valence-corrected chi connectivity index (χ4v) is 3.35. The highest BCUT2D eigenvalue weighted by atomic mass is 32.2. The average Bonchev–Trinajstić information content (AvgIpc) is 3.21. The lowest BCUT2D eigenvalue weighted by atomic mass is 10.3. The molecule has 1 aromatic carbocycles. The Balaban J connectivity index is 1.41. The Labute approximate surface area is 137 Å². The molecule has 3 rings (SSSR count). The molecule has 0 aliphatic heterocycles. The van der Waals surface area contributed by atoms with Crippen LogP contribution in [0.25, 0.3) is 0 Å². The molecule has 7 heteroatoms. The van der Waals surface area contributed by atoms with E-state index in [0.717, 1.165) is 29.6 Å². The van der Waals surface area contributed by atoms with Gasteiger partial charge in [-0.1, -0.05) is 36.0 Å². The fraction of sp³-hybridized carbons (Fsp3) is 0.267. The van der Waals surface area contributed by atoms with Crippen molar-refractivity contribution in [2.24, 2.45) is 0 Å². The molecule has 114 valence electrons. The largest absolute Gasteiger partial charge is 0.494 e. The third-order valence-electron chi connectivity index (χ3n) is 2.92. The van der Waals surface area contributed by atoms with E-state index in [2.05, 4.69) is 27.0 Å². The first kappa shape index (κ1) is 15.1. The summed E-state index contributed by atoms with van der Waals surface area (Å²) in [5, 5.41) is 14.8. The number of thioether (sulfide) groups is 1. The zero-order valence-corrected chi connectivity index (χ0v) is 13.6. The first-order valence-corrected chi connectivity index (χ1v) is 8.87. The van der Waals surface area contributed by atoms with E-state index in [1.165, 1.54) is 4.88 Å². The summed E-state index contributed by atoms with van der Waals surface area (Å²) in [7, 11) is 0. The minimum absolute atomic E-state index is 0.698. The molecule has 0 N–H and O–H groups in total. The van der Waals surface area contributed by atoms with Crippen LogP contribution in [0.4, 0.5) is 0 Å². The van der Waals surface area contributed by atoms with Gasteiger partial charge in [0.25, 0.3) is 0 Å². The van der Waals surface area contributed by atoms with Crippen LogP contribution < -0.4 is 4.74 Å². The van der Waals surface area contributed by atoms with Gasteiger partial charge in [-0.3, -0.25) is 0 Å². The molecule has 3 aromatic rings. The first-order valence-electron chi connectivity index (χ1n) is 7.01. The third-order valence-corrected chi connectivity index (χ3v) is 4.82. The number of rotatable bonds is 8. The smallest absolute Gasteiger partial charge is 0.209 e. The van der Waals surface area contributed by atoms with Gasteiger partial charge >= 0.3 is 0 Å². The minimum Gasteiger partial charge on any atom is -0.494 e. The Bertz CT molecular complexity index is 670. The molecule has 2 heterocycles. The SMILES string of the molecule is c1ccc(OCCCSc2nnnn2Cc2cccs2)cc1. The number of ether oxygens (including phenoxy) is 1. The van der Waals surface area contributed by atoms with Gasteiger partial charge in [0.2, 0.25) is 5.16 Å². The zero-order chi connectivity index (χ0) is 15.0. The summed E-state index contributed by atoms with van der Waals surface area (Å²) in [6.45, 7) is 1.43. The first-order chi connectivity index (χ1) is 10.9. The second-order valence-electron chi connectivity index (χ2n) is 4.56. The maximum absolute atomic E-state index is 5.67. The molecule has 0 aliphatic carbocycles. The zero-order valence-electron chi connectivity index (χ0n) is 12.0. The lowest BCUT2D eigenvalue weighted by Crippen LogP contribution is -2.03. The van der Waals surface area contributed by atoms with E-state index < -0.39 is 0 Å². The quantitative estimate of drug-likeness (QED) is 0.468. The van der Waals surface area contributed by atoms with E-state index in [1.807, 2.05) is 41.1 Å². The van der Waals surface area contributed by atoms with Crippen molar-refractivity contribution in [1.82, 2.24) is 20.2 Å². The van der Waals surface area contributed by atoms with Gasteiger partial charge in [0, 0.05) is 10.6 Å². The van der Waals surface area contributed by atoms with Crippen LogP contribution >= 0.6 is 23.1 Å². The van der Waals surface area contributed by atoms with E-state index in [-0.39, 0.29) is 0 Å². The Morgan fingerprint density at radius 2 is 2.05 bits per heavy atom. The number of nitrogens with zero attached hydrogens (tertiary/aromatic N) is 4. The van der Waals surface area contributed by atoms with E-state index in [4.69, 9.17) is 4.74 Å². The average molecular weight is 332 g/mol. The highest BCUT2D eigenvalue weighted by Gasteiger charge is 2.07. The Morgan fingerprint density at radius 1 is 1.14 bits per heavy atom. The molecule has 22 heavy (non-hydrogen) atoms. The monoisotopic (exact) mass is 332 g/mol. The van der Waals surface area contributed by atoms with Crippen molar-refractivity contribution in [2.45, 2.75) is 18.1 Å². The molecular weight excluding hydrogens is 316 g/mol. The summed E-state index contributed by atoms with van der Waals surface area (Å²) in [6.07, 6.45) is 0.950. The van der Waals surface area contributed by atoms with Crippen LogP contribution in [0.2, 0.25) is 0 Å². The molecule has 0 spiro atoms. The van der Waals surface area contributed by atoms with Crippen LogP contribution in [-0.2, 0) is 6.54 Å². The van der Waals surface area contributed by atoms with E-state index >= 15 is 0 Å². The number of aromatic nitrogens is 4. The predicted molar refractivity (Wildman–Crippen MR) is 88.5 cm³/mol. The van der Waals surface area contributed by atoms with E-state index in [9.17, 15) is 0 Å². The van der Waals surface area contributed by atoms with Crippen LogP contribution in [0.3, 0.4) is 0 Å². The summed E-state index contributed by atoms with van der Waals surface area (Å²) in [4.78, 5) is 1.25. The molecule has 0 unspecified atom stereocenters. The van der Waals surface area contributed by atoms with Crippen LogP contribution in [0.15, 0.2) is 53.0 Å². The van der Waals surface area contributed by atoms with Crippen molar-refractivity contribution in [3.05, 3.63) is 52.7 Å². The molecule has 0 saturated carbocycles. The molecule has 0 fully saturated rings. The van der Waals surface area contributed by atoms with Gasteiger partial charge < -0.3 is 4.74 Å². The minimum atomic E-state index is 0.698. The summed E-state index contributed by atoms with van der Waals surface area (Å²) < 4.78 is 7.51. The Hall–Kier alpha value is -1.86. The van der Waals surface area contributed by atoms with E-state index in [1.54, 1.807) is 23.1 Å². The van der Waals surface area contributed by atoms with Crippen molar-refractivity contribution in [2.75, 3.05) is 12.4 Å². The number of hydrogen-bond acceptors (Lipinski definition) is 6. The topological polar surface area (TPSA) is 52.8 Å². The normalized spacial score (nSPS) is 10.7. The molecule has 0 atom stereocenters. The maximum Gasteiger partial charge on any atom is 0.209 e. The highest BCUT2D eigenvalue weighted by Crippen LogP contribution is 2.18. The molecular formula is C15H16N4OS2. The third kappa shape index (κ3) is 4.32. The number of hydrogen-bond donors (Lipinski definition) is 0. The second-order valence-corrected chi connectivity index (χ2v) is 6.66. The number of para-hydroxylation sites is 1. The van der Waals surface area contributed by atoms with Gasteiger partial charge in [0.1, 0.15) is 5.75 Å². The summed E-state index contributed by atoms with van der Waals surface area (Å²) >= 11 is 3.38. The predicted octanol–water partition coefficient (Wildman–Crippen LogP) is 3.34. The lowest BCUT2D eigenvalue weighted by Gasteiger charge is -2.05. The van der Waals surface area contributed by atoms with Gasteiger partial charge in [-0.2, -0.15) is 0 Å². The summed E-state index contributed by atoms with van der Waals surface area (Å²) in [5.41, 5.74) is 0. The number of tetrazole rings is 1. The lowest BCUT2D eigenvalue weighted by molar-refractivity contribution is 0.318. The molecule has 0 aliphatic rings. The van der Waals surface area contributed by atoms with Crippen molar-refractivity contribution in [3.8, 4) is 5.75 Å². The number of benzene rings is 1. The van der Waals surface area contributed by atoms with Gasteiger partial charge in [-0.05, 0) is 40.4 Å². The van der Waals surface area contributed by atoms with E-state index in [0.29, 0.717) is 6.61 Å². The summed E-state index contributed by atoms with van der Waals surface area (Å²) in [6, 6.07) is 14.0. The van der Waals surface area contributed by atoms with Crippen LogP contribution in [0, 0.1) is 0 Å². The molecule has 0 saturated heterocycles. The maximum atomic E-state index is 5.67. The van der Waals surface area contributed by atoms with Crippen molar-refractivity contribution >= 4 is 23.1 Å². The van der Waals surface area contributed by atoms with Gasteiger partial charge in [0.15, 0.2) is 0 Å². The van der Waals surface area contributed by atoms with Gasteiger partial charge in [0.05, 0.1) is 13.2 Å². The fourth-order valence-electron chi connectivity index (χ4n) is 1.88. The summed E-state index contributed by atoms with van der Waals surface area (Å²) in [5.74, 6) is 1.84. The van der Waals surface area contributed by atoms with Crippen LogP contribution in [0.5, 0.6) is 5.75 Å². The molecule has 5 nitrogen and oxygen atoms in total. The van der Waals surface area contributed by atoms with Crippen LogP contribution in [-0.4, -0.2) is 32.6 Å². The Morgan fingerprint density at radius 3 is 2.86 bits per heavy atom. The van der Waals surface area contributed by atoms with Crippen molar-refractivity contribution < 1.29 is 4.74 Å². The van der Waals surface area contributed by atoms with Gasteiger partial charge in [-0.15, -0.1) is 16.4 Å². The number of thiophene rings is 1. The molecule has 2 aromatic heterocycles.